The number of rotatable bonds is 3. The smallest absolute Gasteiger partial charge is 0.343 e. The van der Waals surface area contributed by atoms with Crippen LogP contribution >= 0.6 is 0 Å². The first-order chi connectivity index (χ1) is 2.91. The van der Waals surface area contributed by atoms with E-state index in [0.29, 0.717) is 0 Å². The molecule has 0 atom stereocenters. The SMILES string of the molecule is [CH2-]CCCCC.[K+].[K+]. The summed E-state index contributed by atoms with van der Waals surface area (Å²) in [7, 11) is 0. The van der Waals surface area contributed by atoms with Gasteiger partial charge in [0.15, 0.2) is 0 Å². The quantitative estimate of drug-likeness (QED) is 0.229. The van der Waals surface area contributed by atoms with Crippen LogP contribution in [0.5, 0.6) is 0 Å². The summed E-state index contributed by atoms with van der Waals surface area (Å²) in [5, 5.41) is 0. The second-order valence-corrected chi connectivity index (χ2v) is 1.56. The van der Waals surface area contributed by atoms with Crippen molar-refractivity contribution in [2.24, 2.45) is 0 Å². The molecule has 0 radical (unpaired) electrons. The molecule has 0 spiro atoms. The van der Waals surface area contributed by atoms with Crippen LogP contribution in [0.1, 0.15) is 32.6 Å². The van der Waals surface area contributed by atoms with E-state index in [1.165, 1.54) is 19.3 Å². The van der Waals surface area contributed by atoms with Crippen molar-refractivity contribution >= 4 is 0 Å². The van der Waals surface area contributed by atoms with Crippen molar-refractivity contribution in [2.75, 3.05) is 0 Å². The third-order valence-electron chi connectivity index (χ3n) is 0.854. The minimum Gasteiger partial charge on any atom is -0.343 e. The topological polar surface area (TPSA) is 0 Å². The van der Waals surface area contributed by atoms with E-state index >= 15 is 0 Å². The van der Waals surface area contributed by atoms with Gasteiger partial charge in [0.25, 0.3) is 0 Å². The average Bonchev–Trinajstić information content (AvgIpc) is 1.61. The molecular formula is C6H13K2+. The van der Waals surface area contributed by atoms with Gasteiger partial charge in [-0.05, 0) is 0 Å². The van der Waals surface area contributed by atoms with Crippen LogP contribution in [0.15, 0.2) is 0 Å². The summed E-state index contributed by atoms with van der Waals surface area (Å²) in [6, 6.07) is 0. The zero-order valence-corrected chi connectivity index (χ0v) is 12.8. The van der Waals surface area contributed by atoms with Crippen LogP contribution < -0.4 is 103 Å². The number of hydrogen-bond acceptors (Lipinski definition) is 0. The predicted molar refractivity (Wildman–Crippen MR) is 29.5 cm³/mol. The molecule has 8 heavy (non-hydrogen) atoms. The van der Waals surface area contributed by atoms with E-state index < -0.39 is 0 Å². The fraction of sp³-hybridized carbons (Fsp3) is 0.833. The Kier molecular flexibility index (Phi) is 36.3. The Labute approximate surface area is 138 Å². The molecule has 0 aliphatic heterocycles. The summed E-state index contributed by atoms with van der Waals surface area (Å²) in [5.41, 5.74) is 0. The third kappa shape index (κ3) is 16.1. The Bertz CT molecular complexity index is 18.5. The summed E-state index contributed by atoms with van der Waals surface area (Å²) >= 11 is 0. The Hall–Kier alpha value is 3.27. The molecular weight excluding hydrogens is 150 g/mol. The van der Waals surface area contributed by atoms with Crippen molar-refractivity contribution in [1.82, 2.24) is 0 Å². The van der Waals surface area contributed by atoms with Gasteiger partial charge in [-0.2, -0.15) is 6.42 Å². The molecule has 0 saturated heterocycles. The Morgan fingerprint density at radius 1 is 1.12 bits per heavy atom. The average molecular weight is 163 g/mol. The van der Waals surface area contributed by atoms with E-state index in [2.05, 4.69) is 13.8 Å². The van der Waals surface area contributed by atoms with E-state index in [1.54, 1.807) is 0 Å². The van der Waals surface area contributed by atoms with Crippen LogP contribution in [-0.2, 0) is 0 Å². The van der Waals surface area contributed by atoms with Crippen LogP contribution in [0, 0.1) is 6.92 Å². The summed E-state index contributed by atoms with van der Waals surface area (Å²) in [6.45, 7) is 5.93. The van der Waals surface area contributed by atoms with E-state index in [1.807, 2.05) is 0 Å². The van der Waals surface area contributed by atoms with Gasteiger partial charge >= 0.3 is 103 Å². The van der Waals surface area contributed by atoms with Crippen molar-refractivity contribution in [2.45, 2.75) is 32.6 Å². The van der Waals surface area contributed by atoms with E-state index in [9.17, 15) is 0 Å². The largest absolute Gasteiger partial charge is 1.00 e. The molecule has 0 aromatic carbocycles. The van der Waals surface area contributed by atoms with Crippen molar-refractivity contribution in [3.63, 3.8) is 0 Å². The maximum absolute atomic E-state index is 3.72. The fourth-order valence-corrected chi connectivity index (χ4v) is 0.427. The Balaban J connectivity index is -0.000000125. The molecule has 0 aliphatic rings. The first-order valence-corrected chi connectivity index (χ1v) is 2.71. The molecule has 0 bridgehead atoms. The predicted octanol–water partition coefficient (Wildman–Crippen LogP) is -3.59. The molecule has 0 unspecified atom stereocenters. The van der Waals surface area contributed by atoms with Crippen LogP contribution in [-0.4, -0.2) is 0 Å². The molecule has 2 heteroatoms. The molecule has 0 saturated carbocycles. The van der Waals surface area contributed by atoms with Crippen LogP contribution in [0.2, 0.25) is 0 Å². The van der Waals surface area contributed by atoms with Crippen molar-refractivity contribution in [3.05, 3.63) is 6.92 Å². The van der Waals surface area contributed by atoms with Gasteiger partial charge < -0.3 is 6.92 Å². The van der Waals surface area contributed by atoms with E-state index in [4.69, 9.17) is 0 Å². The first-order valence-electron chi connectivity index (χ1n) is 2.71. The Morgan fingerprint density at radius 2 is 1.62 bits per heavy atom. The van der Waals surface area contributed by atoms with Gasteiger partial charge in [0, 0.05) is 0 Å². The van der Waals surface area contributed by atoms with Gasteiger partial charge in [-0.15, -0.1) is 0 Å². The zero-order chi connectivity index (χ0) is 4.83. The van der Waals surface area contributed by atoms with Gasteiger partial charge in [-0.25, -0.2) is 0 Å². The van der Waals surface area contributed by atoms with Gasteiger partial charge in [0.2, 0.25) is 0 Å². The van der Waals surface area contributed by atoms with Crippen LogP contribution in [0.25, 0.3) is 0 Å². The first kappa shape index (κ1) is 17.4. The molecule has 0 rings (SSSR count). The maximum atomic E-state index is 3.72. The number of unbranched alkanes of at least 4 members (excludes halogenated alkanes) is 3. The minimum absolute atomic E-state index is 0. The van der Waals surface area contributed by atoms with E-state index in [0.717, 1.165) is 6.42 Å². The second kappa shape index (κ2) is 16.7. The molecule has 0 fully saturated rings. The molecule has 0 heterocycles. The molecule has 0 aromatic rings. The monoisotopic (exact) mass is 163 g/mol. The standard InChI is InChI=1S/C6H13.2K/c1-3-5-6-4-2;;/h1,3-6H2,2H3;;/q-1;2*+1. The van der Waals surface area contributed by atoms with Gasteiger partial charge in [-0.3, -0.25) is 0 Å². The van der Waals surface area contributed by atoms with Gasteiger partial charge in [0.1, 0.15) is 0 Å². The molecule has 0 aliphatic carbocycles. The zero-order valence-electron chi connectivity index (χ0n) is 6.54. The van der Waals surface area contributed by atoms with Crippen molar-refractivity contribution in [3.8, 4) is 0 Å². The fourth-order valence-electron chi connectivity index (χ4n) is 0.427. The molecule has 0 aromatic heterocycles. The summed E-state index contributed by atoms with van der Waals surface area (Å²) in [5.74, 6) is 0. The Morgan fingerprint density at radius 3 is 1.75 bits per heavy atom. The number of hydrogen-bond donors (Lipinski definition) is 0. The van der Waals surface area contributed by atoms with Gasteiger partial charge in [-0.1, -0.05) is 26.2 Å². The van der Waals surface area contributed by atoms with Crippen molar-refractivity contribution in [1.29, 1.82) is 0 Å². The van der Waals surface area contributed by atoms with Crippen molar-refractivity contribution < 1.29 is 103 Å². The molecule has 38 valence electrons. The van der Waals surface area contributed by atoms with Gasteiger partial charge in [0.05, 0.1) is 0 Å². The summed E-state index contributed by atoms with van der Waals surface area (Å²) < 4.78 is 0. The summed E-state index contributed by atoms with van der Waals surface area (Å²) in [6.07, 6.45) is 5.07. The third-order valence-corrected chi connectivity index (χ3v) is 0.854. The minimum atomic E-state index is 0. The van der Waals surface area contributed by atoms with E-state index in [-0.39, 0.29) is 103 Å². The second-order valence-electron chi connectivity index (χ2n) is 1.56. The molecule has 0 amide bonds. The molecule has 0 N–H and O–H groups in total. The molecule has 0 nitrogen and oxygen atoms in total. The van der Waals surface area contributed by atoms with Crippen LogP contribution in [0.3, 0.4) is 0 Å². The maximum Gasteiger partial charge on any atom is 1.00 e. The summed E-state index contributed by atoms with van der Waals surface area (Å²) in [4.78, 5) is 0. The normalized spacial score (nSPS) is 6.75. The van der Waals surface area contributed by atoms with Crippen LogP contribution in [0.4, 0.5) is 0 Å².